The number of amides is 1. The molecule has 0 unspecified atom stereocenters. The lowest BCUT2D eigenvalue weighted by Crippen LogP contribution is -2.20. The molecule has 0 aliphatic rings. The van der Waals surface area contributed by atoms with E-state index in [2.05, 4.69) is 25.8 Å². The molecule has 9 nitrogen and oxygen atoms in total. The maximum atomic E-state index is 11.5. The summed E-state index contributed by atoms with van der Waals surface area (Å²) in [5, 5.41) is 17.3. The van der Waals surface area contributed by atoms with Gasteiger partial charge in [-0.05, 0) is 11.3 Å². The molecule has 3 N–H and O–H groups in total. The van der Waals surface area contributed by atoms with E-state index in [-0.39, 0.29) is 18.4 Å². The van der Waals surface area contributed by atoms with Gasteiger partial charge in [0.1, 0.15) is 12.4 Å². The first-order valence-corrected chi connectivity index (χ1v) is 4.46. The summed E-state index contributed by atoms with van der Waals surface area (Å²) in [6, 6.07) is 1.61. The summed E-state index contributed by atoms with van der Waals surface area (Å²) < 4.78 is 1.42. The van der Waals surface area contributed by atoms with E-state index in [9.17, 15) is 4.79 Å². The number of hydrogen-bond acceptors (Lipinski definition) is 6. The molecule has 0 fully saturated rings. The van der Waals surface area contributed by atoms with E-state index >= 15 is 0 Å². The van der Waals surface area contributed by atoms with Gasteiger partial charge >= 0.3 is 0 Å². The Hall–Kier alpha value is -2.45. The molecule has 0 aliphatic heterocycles. The zero-order chi connectivity index (χ0) is 11.5. The first kappa shape index (κ1) is 10.1. The number of rotatable bonds is 3. The van der Waals surface area contributed by atoms with Crippen molar-refractivity contribution in [1.82, 2.24) is 30.0 Å². The molecule has 0 atom stereocenters. The van der Waals surface area contributed by atoms with Gasteiger partial charge in [0.05, 0.1) is 7.05 Å². The third-order valence-electron chi connectivity index (χ3n) is 1.73. The van der Waals surface area contributed by atoms with Crippen LogP contribution in [-0.2, 0) is 18.4 Å². The second-order valence-electron chi connectivity index (χ2n) is 3.09. The topological polar surface area (TPSA) is 117 Å². The third-order valence-corrected chi connectivity index (χ3v) is 1.73. The van der Waals surface area contributed by atoms with Crippen LogP contribution in [0.2, 0.25) is 0 Å². The van der Waals surface area contributed by atoms with Crippen LogP contribution in [0.3, 0.4) is 0 Å². The van der Waals surface area contributed by atoms with Crippen LogP contribution in [0.15, 0.2) is 12.3 Å². The summed E-state index contributed by atoms with van der Waals surface area (Å²) in [5.74, 6) is 0.231. The van der Waals surface area contributed by atoms with Gasteiger partial charge in [-0.3, -0.25) is 14.8 Å². The van der Waals surface area contributed by atoms with Gasteiger partial charge in [0.25, 0.3) is 5.95 Å². The summed E-state index contributed by atoms with van der Waals surface area (Å²) in [7, 11) is 1.61. The number of aromatic nitrogens is 6. The second kappa shape index (κ2) is 3.96. The molecule has 0 aliphatic carbocycles. The van der Waals surface area contributed by atoms with Crippen molar-refractivity contribution in [2.24, 2.45) is 7.05 Å². The molecule has 16 heavy (non-hydrogen) atoms. The molecule has 84 valence electrons. The first-order valence-electron chi connectivity index (χ1n) is 4.46. The van der Waals surface area contributed by atoms with Crippen LogP contribution in [-0.4, -0.2) is 35.9 Å². The summed E-state index contributed by atoms with van der Waals surface area (Å²) in [4.78, 5) is 12.7. The lowest BCUT2D eigenvalue weighted by Gasteiger charge is -2.00. The molecule has 1 amide bonds. The normalized spacial score (nSPS) is 10.3. The van der Waals surface area contributed by atoms with Crippen molar-refractivity contribution >= 4 is 17.7 Å². The molecular weight excluding hydrogens is 212 g/mol. The molecule has 2 heterocycles. The minimum absolute atomic E-state index is 0.0510. The van der Waals surface area contributed by atoms with Crippen molar-refractivity contribution in [2.45, 2.75) is 6.54 Å². The van der Waals surface area contributed by atoms with Gasteiger partial charge in [-0.2, -0.15) is 9.90 Å². The molecule has 9 heteroatoms. The predicted molar refractivity (Wildman–Crippen MR) is 54.1 cm³/mol. The first-order chi connectivity index (χ1) is 7.63. The standard InChI is InChI=1S/C7H10N8O/c1-14-12-7(10-13-14)9-6(16)4-15-3-2-5(8)11-15/h2-3H,4H2,1H3,(H2,8,11)(H,9,12,16). The number of tetrazole rings is 1. The Morgan fingerprint density at radius 2 is 2.38 bits per heavy atom. The van der Waals surface area contributed by atoms with Crippen LogP contribution >= 0.6 is 0 Å². The van der Waals surface area contributed by atoms with Crippen LogP contribution in [0.25, 0.3) is 0 Å². The fourth-order valence-electron chi connectivity index (χ4n) is 1.11. The Morgan fingerprint density at radius 1 is 1.56 bits per heavy atom. The zero-order valence-electron chi connectivity index (χ0n) is 8.53. The van der Waals surface area contributed by atoms with Crippen molar-refractivity contribution in [1.29, 1.82) is 0 Å². The van der Waals surface area contributed by atoms with Crippen molar-refractivity contribution in [3.63, 3.8) is 0 Å². The van der Waals surface area contributed by atoms with E-state index in [1.807, 2.05) is 0 Å². The monoisotopic (exact) mass is 222 g/mol. The maximum Gasteiger partial charge on any atom is 0.270 e. The van der Waals surface area contributed by atoms with Gasteiger partial charge in [0.2, 0.25) is 5.91 Å². The Bertz CT molecular complexity index is 456. The SMILES string of the molecule is Cn1nnc(NC(=O)Cn2ccc(N)n2)n1. The summed E-state index contributed by atoms with van der Waals surface area (Å²) in [5.41, 5.74) is 5.41. The van der Waals surface area contributed by atoms with Gasteiger partial charge in [-0.1, -0.05) is 5.10 Å². The number of anilines is 2. The highest BCUT2D eigenvalue weighted by atomic mass is 16.2. The highest BCUT2D eigenvalue weighted by Crippen LogP contribution is 1.97. The third kappa shape index (κ3) is 2.32. The number of nitrogens with one attached hydrogen (secondary N) is 1. The molecule has 2 rings (SSSR count). The van der Waals surface area contributed by atoms with Crippen molar-refractivity contribution in [3.8, 4) is 0 Å². The second-order valence-corrected chi connectivity index (χ2v) is 3.09. The number of nitrogen functional groups attached to an aromatic ring is 1. The van der Waals surface area contributed by atoms with Gasteiger partial charge in [-0.15, -0.1) is 5.10 Å². The summed E-state index contributed by atoms with van der Waals surface area (Å²) in [6.07, 6.45) is 1.61. The summed E-state index contributed by atoms with van der Waals surface area (Å²) in [6.45, 7) is 0.0510. The van der Waals surface area contributed by atoms with Crippen LogP contribution < -0.4 is 11.1 Å². The number of carbonyl (C=O) groups is 1. The van der Waals surface area contributed by atoms with E-state index < -0.39 is 0 Å². The fraction of sp³-hybridized carbons (Fsp3) is 0.286. The maximum absolute atomic E-state index is 11.5. The zero-order valence-corrected chi connectivity index (χ0v) is 8.53. The number of carbonyl (C=O) groups excluding carboxylic acids is 1. The number of nitrogens with zero attached hydrogens (tertiary/aromatic N) is 6. The quantitative estimate of drug-likeness (QED) is 0.661. The van der Waals surface area contributed by atoms with Crippen LogP contribution in [0.4, 0.5) is 11.8 Å². The average molecular weight is 222 g/mol. The van der Waals surface area contributed by atoms with E-state index in [0.29, 0.717) is 5.82 Å². The van der Waals surface area contributed by atoms with E-state index in [4.69, 9.17) is 5.73 Å². The smallest absolute Gasteiger partial charge is 0.270 e. The Kier molecular flexibility index (Phi) is 2.50. The molecule has 0 radical (unpaired) electrons. The molecule has 0 saturated heterocycles. The lowest BCUT2D eigenvalue weighted by molar-refractivity contribution is -0.116. The highest BCUT2D eigenvalue weighted by Gasteiger charge is 2.07. The van der Waals surface area contributed by atoms with Gasteiger partial charge < -0.3 is 5.73 Å². The highest BCUT2D eigenvalue weighted by molar-refractivity contribution is 5.88. The lowest BCUT2D eigenvalue weighted by atomic mass is 10.6. The van der Waals surface area contributed by atoms with E-state index in [0.717, 1.165) is 0 Å². The fourth-order valence-corrected chi connectivity index (χ4v) is 1.11. The largest absolute Gasteiger partial charge is 0.382 e. The summed E-state index contributed by atoms with van der Waals surface area (Å²) >= 11 is 0. The van der Waals surface area contributed by atoms with E-state index in [1.165, 1.54) is 9.48 Å². The van der Waals surface area contributed by atoms with Gasteiger partial charge in [0.15, 0.2) is 0 Å². The average Bonchev–Trinajstić information content (AvgIpc) is 2.76. The number of aryl methyl sites for hydroxylation is 1. The van der Waals surface area contributed by atoms with E-state index in [1.54, 1.807) is 19.3 Å². The molecule has 0 bridgehead atoms. The van der Waals surface area contributed by atoms with Crippen molar-refractivity contribution < 1.29 is 4.79 Å². The predicted octanol–water partition coefficient (Wildman–Crippen LogP) is -1.37. The van der Waals surface area contributed by atoms with Crippen LogP contribution in [0.1, 0.15) is 0 Å². The van der Waals surface area contributed by atoms with Crippen LogP contribution in [0.5, 0.6) is 0 Å². The molecule has 0 saturated carbocycles. The molecule has 2 aromatic heterocycles. The van der Waals surface area contributed by atoms with Crippen molar-refractivity contribution in [2.75, 3.05) is 11.1 Å². The number of nitrogens with two attached hydrogens (primary N) is 1. The van der Waals surface area contributed by atoms with Gasteiger partial charge in [0, 0.05) is 6.20 Å². The Balaban J connectivity index is 1.94. The Morgan fingerprint density at radius 3 is 2.94 bits per heavy atom. The minimum Gasteiger partial charge on any atom is -0.382 e. The number of hydrogen-bond donors (Lipinski definition) is 2. The minimum atomic E-state index is -0.295. The van der Waals surface area contributed by atoms with Gasteiger partial charge in [-0.25, -0.2) is 0 Å². The van der Waals surface area contributed by atoms with Crippen LogP contribution in [0, 0.1) is 0 Å². The molecule has 0 aromatic carbocycles. The molecule has 2 aromatic rings. The van der Waals surface area contributed by atoms with Crippen molar-refractivity contribution in [3.05, 3.63) is 12.3 Å². The molecular formula is C7H10N8O. The molecule has 0 spiro atoms. The Labute approximate surface area is 90.2 Å².